The summed E-state index contributed by atoms with van der Waals surface area (Å²) in [5, 5.41) is 13.7. The van der Waals surface area contributed by atoms with Crippen molar-refractivity contribution in [2.45, 2.75) is 19.4 Å². The second-order valence-electron chi connectivity index (χ2n) is 4.76. The zero-order valence-corrected chi connectivity index (χ0v) is 13.0. The van der Waals surface area contributed by atoms with Crippen molar-refractivity contribution in [1.82, 2.24) is 10.2 Å². The highest BCUT2D eigenvalue weighted by Gasteiger charge is 2.24. The van der Waals surface area contributed by atoms with Crippen molar-refractivity contribution in [2.24, 2.45) is 0 Å². The first-order chi connectivity index (χ1) is 9.17. The lowest BCUT2D eigenvalue weighted by atomic mass is 10.0. The van der Waals surface area contributed by atoms with Crippen LogP contribution in [0.5, 0.6) is 11.5 Å². The molecule has 0 unspecified atom stereocenters. The molecular formula is C14H21BrN2O2. The maximum absolute atomic E-state index is 10.4. The van der Waals surface area contributed by atoms with Crippen molar-refractivity contribution in [3.63, 3.8) is 0 Å². The summed E-state index contributed by atoms with van der Waals surface area (Å²) in [4.78, 5) is 2.41. The molecule has 0 bridgehead atoms. The van der Waals surface area contributed by atoms with E-state index in [1.807, 2.05) is 6.07 Å². The van der Waals surface area contributed by atoms with Gasteiger partial charge in [0.1, 0.15) is 0 Å². The van der Waals surface area contributed by atoms with Crippen LogP contribution in [0, 0.1) is 0 Å². The van der Waals surface area contributed by atoms with Gasteiger partial charge in [-0.1, -0.05) is 22.9 Å². The Morgan fingerprint density at radius 3 is 2.68 bits per heavy atom. The topological polar surface area (TPSA) is 44.7 Å². The lowest BCUT2D eigenvalue weighted by Crippen LogP contribution is -2.45. The first-order valence-corrected chi connectivity index (χ1v) is 7.47. The van der Waals surface area contributed by atoms with E-state index >= 15 is 0 Å². The average molecular weight is 329 g/mol. The van der Waals surface area contributed by atoms with Gasteiger partial charge in [-0.05, 0) is 18.6 Å². The number of hydrogen-bond acceptors (Lipinski definition) is 4. The molecule has 0 aliphatic carbocycles. The first kappa shape index (κ1) is 14.6. The number of phenolic OH excluding ortho intramolecular Hbond substituents is 1. The molecule has 1 aromatic carbocycles. The fourth-order valence-corrected chi connectivity index (χ4v) is 3.13. The Hall–Kier alpha value is -0.780. The molecule has 1 aliphatic heterocycles. The van der Waals surface area contributed by atoms with E-state index in [-0.39, 0.29) is 11.8 Å². The SMILES string of the molecule is CC[C@H](c1cc(Br)cc(OC)c1O)N1CCNCC1. The number of phenols is 1. The van der Waals surface area contributed by atoms with Gasteiger partial charge in [0.2, 0.25) is 0 Å². The number of nitrogens with one attached hydrogen (secondary N) is 1. The minimum absolute atomic E-state index is 0.230. The summed E-state index contributed by atoms with van der Waals surface area (Å²) in [6, 6.07) is 4.02. The molecule has 0 spiro atoms. The molecule has 4 nitrogen and oxygen atoms in total. The predicted molar refractivity (Wildman–Crippen MR) is 79.8 cm³/mol. The van der Waals surface area contributed by atoms with Gasteiger partial charge in [-0.25, -0.2) is 0 Å². The second-order valence-corrected chi connectivity index (χ2v) is 5.67. The van der Waals surface area contributed by atoms with E-state index in [1.165, 1.54) is 0 Å². The fraction of sp³-hybridized carbons (Fsp3) is 0.571. The van der Waals surface area contributed by atoms with Crippen LogP contribution in [-0.4, -0.2) is 43.3 Å². The van der Waals surface area contributed by atoms with Gasteiger partial charge in [0, 0.05) is 42.3 Å². The Labute approximate surface area is 122 Å². The van der Waals surface area contributed by atoms with Crippen molar-refractivity contribution in [2.75, 3.05) is 33.3 Å². The highest BCUT2D eigenvalue weighted by molar-refractivity contribution is 9.10. The molecule has 0 saturated carbocycles. The van der Waals surface area contributed by atoms with Gasteiger partial charge in [0.25, 0.3) is 0 Å². The minimum atomic E-state index is 0.230. The Morgan fingerprint density at radius 1 is 1.42 bits per heavy atom. The highest BCUT2D eigenvalue weighted by atomic mass is 79.9. The summed E-state index contributed by atoms with van der Waals surface area (Å²) in [6.45, 7) is 6.17. The molecule has 2 N–H and O–H groups in total. The van der Waals surface area contributed by atoms with Crippen LogP contribution in [0.15, 0.2) is 16.6 Å². The molecule has 2 rings (SSSR count). The number of nitrogens with zero attached hydrogens (tertiary/aromatic N) is 1. The lowest BCUT2D eigenvalue weighted by molar-refractivity contribution is 0.166. The normalized spacial score (nSPS) is 18.3. The Bertz CT molecular complexity index is 434. The second kappa shape index (κ2) is 6.59. The van der Waals surface area contributed by atoms with E-state index in [2.05, 4.69) is 33.1 Å². The number of ether oxygens (including phenoxy) is 1. The lowest BCUT2D eigenvalue weighted by Gasteiger charge is -2.35. The largest absolute Gasteiger partial charge is 0.504 e. The zero-order chi connectivity index (χ0) is 13.8. The molecule has 1 saturated heterocycles. The van der Waals surface area contributed by atoms with Crippen LogP contribution in [0.4, 0.5) is 0 Å². The van der Waals surface area contributed by atoms with E-state index in [4.69, 9.17) is 4.74 Å². The Morgan fingerprint density at radius 2 is 2.11 bits per heavy atom. The van der Waals surface area contributed by atoms with Gasteiger partial charge in [-0.2, -0.15) is 0 Å². The van der Waals surface area contributed by atoms with Gasteiger partial charge in [-0.15, -0.1) is 0 Å². The van der Waals surface area contributed by atoms with Crippen molar-refractivity contribution in [3.8, 4) is 11.5 Å². The number of aromatic hydroxyl groups is 1. The van der Waals surface area contributed by atoms with Crippen molar-refractivity contribution >= 4 is 15.9 Å². The number of benzene rings is 1. The van der Waals surface area contributed by atoms with Gasteiger partial charge in [0.15, 0.2) is 11.5 Å². The van der Waals surface area contributed by atoms with Gasteiger partial charge in [-0.3, -0.25) is 4.90 Å². The summed E-state index contributed by atoms with van der Waals surface area (Å²) in [5.41, 5.74) is 0.940. The molecule has 1 fully saturated rings. The smallest absolute Gasteiger partial charge is 0.162 e. The Kier molecular flexibility index (Phi) is 5.07. The van der Waals surface area contributed by atoms with Gasteiger partial charge in [0.05, 0.1) is 7.11 Å². The first-order valence-electron chi connectivity index (χ1n) is 6.68. The molecule has 0 radical (unpaired) electrons. The van der Waals surface area contributed by atoms with Crippen molar-refractivity contribution in [3.05, 3.63) is 22.2 Å². The maximum atomic E-state index is 10.4. The number of methoxy groups -OCH3 is 1. The van der Waals surface area contributed by atoms with E-state index in [0.29, 0.717) is 5.75 Å². The summed E-state index contributed by atoms with van der Waals surface area (Å²) in [7, 11) is 1.58. The number of rotatable bonds is 4. The van der Waals surface area contributed by atoms with Crippen LogP contribution in [0.3, 0.4) is 0 Å². The molecular weight excluding hydrogens is 308 g/mol. The van der Waals surface area contributed by atoms with E-state index < -0.39 is 0 Å². The minimum Gasteiger partial charge on any atom is -0.504 e. The third-order valence-corrected chi connectivity index (χ3v) is 4.09. The van der Waals surface area contributed by atoms with Gasteiger partial charge < -0.3 is 15.2 Å². The number of piperazine rings is 1. The van der Waals surface area contributed by atoms with Crippen LogP contribution in [-0.2, 0) is 0 Å². The summed E-state index contributed by atoms with van der Waals surface area (Å²) in [6.07, 6.45) is 0.965. The number of hydrogen-bond donors (Lipinski definition) is 2. The summed E-state index contributed by atoms with van der Waals surface area (Å²) in [5.74, 6) is 0.786. The molecule has 106 valence electrons. The van der Waals surface area contributed by atoms with Gasteiger partial charge >= 0.3 is 0 Å². The molecule has 0 aromatic heterocycles. The zero-order valence-electron chi connectivity index (χ0n) is 11.4. The molecule has 19 heavy (non-hydrogen) atoms. The molecule has 1 atom stereocenters. The summed E-state index contributed by atoms with van der Waals surface area (Å²) < 4.78 is 6.17. The van der Waals surface area contributed by atoms with Crippen LogP contribution < -0.4 is 10.1 Å². The standard InChI is InChI=1S/C14H21BrN2O2/c1-3-12(17-6-4-16-5-7-17)11-8-10(15)9-13(19-2)14(11)18/h8-9,12,16,18H,3-7H2,1-2H3/t12-/m1/s1. The van der Waals surface area contributed by atoms with Crippen molar-refractivity contribution in [1.29, 1.82) is 0 Å². The third kappa shape index (κ3) is 3.22. The molecule has 1 heterocycles. The quantitative estimate of drug-likeness (QED) is 0.891. The van der Waals surface area contributed by atoms with Crippen LogP contribution in [0.25, 0.3) is 0 Å². The van der Waals surface area contributed by atoms with Crippen LogP contribution >= 0.6 is 15.9 Å². The molecule has 1 aliphatic rings. The highest BCUT2D eigenvalue weighted by Crippen LogP contribution is 2.40. The van der Waals surface area contributed by atoms with Crippen molar-refractivity contribution < 1.29 is 9.84 Å². The monoisotopic (exact) mass is 328 g/mol. The van der Waals surface area contributed by atoms with E-state index in [1.54, 1.807) is 13.2 Å². The molecule has 5 heteroatoms. The maximum Gasteiger partial charge on any atom is 0.162 e. The average Bonchev–Trinajstić information content (AvgIpc) is 2.44. The van der Waals surface area contributed by atoms with E-state index in [0.717, 1.165) is 42.6 Å². The fourth-order valence-electron chi connectivity index (χ4n) is 2.67. The Balaban J connectivity index is 2.34. The molecule has 1 aromatic rings. The predicted octanol–water partition coefficient (Wildman–Crippen LogP) is 2.52. The third-order valence-electron chi connectivity index (χ3n) is 3.63. The van der Waals surface area contributed by atoms with Crippen LogP contribution in [0.2, 0.25) is 0 Å². The van der Waals surface area contributed by atoms with Crippen LogP contribution in [0.1, 0.15) is 24.9 Å². The molecule has 0 amide bonds. The summed E-state index contributed by atoms with van der Waals surface area (Å²) >= 11 is 3.49. The van der Waals surface area contributed by atoms with E-state index in [9.17, 15) is 5.11 Å². The number of halogens is 1.